The molecule has 0 bridgehead atoms. The molecule has 0 spiro atoms. The molecule has 4 nitrogen and oxygen atoms in total. The van der Waals surface area contributed by atoms with Crippen LogP contribution in [-0.4, -0.2) is 11.2 Å². The van der Waals surface area contributed by atoms with Crippen LogP contribution in [0.3, 0.4) is 0 Å². The molecule has 1 aliphatic rings. The number of rotatable bonds is 2. The van der Waals surface area contributed by atoms with Crippen LogP contribution in [0, 0.1) is 18.3 Å². The van der Waals surface area contributed by atoms with Crippen molar-refractivity contribution in [3.8, 4) is 6.07 Å². The van der Waals surface area contributed by atoms with Crippen molar-refractivity contribution in [2.45, 2.75) is 26.0 Å². The molecule has 1 aromatic carbocycles. The van der Waals surface area contributed by atoms with Gasteiger partial charge in [-0.3, -0.25) is 4.79 Å². The highest BCUT2D eigenvalue weighted by molar-refractivity contribution is 5.32. The van der Waals surface area contributed by atoms with Crippen LogP contribution >= 0.6 is 0 Å². The lowest BCUT2D eigenvalue weighted by Gasteiger charge is -2.27. The molecular formula is C17H16N2O2. The van der Waals surface area contributed by atoms with Crippen molar-refractivity contribution in [1.82, 2.24) is 4.57 Å². The maximum Gasteiger partial charge on any atom is 0.268 e. The Kier molecular flexibility index (Phi) is 3.59. The summed E-state index contributed by atoms with van der Waals surface area (Å²) in [5, 5.41) is 9.00. The lowest BCUT2D eigenvalue weighted by molar-refractivity contribution is 0.0295. The van der Waals surface area contributed by atoms with Crippen molar-refractivity contribution in [3.63, 3.8) is 0 Å². The fourth-order valence-electron chi connectivity index (χ4n) is 2.78. The SMILES string of the molecule is Cc1ccc(C#N)c(=O)n1CC1OCCc2ccccc21. The van der Waals surface area contributed by atoms with Crippen molar-refractivity contribution in [1.29, 1.82) is 5.26 Å². The summed E-state index contributed by atoms with van der Waals surface area (Å²) < 4.78 is 7.48. The summed E-state index contributed by atoms with van der Waals surface area (Å²) in [6, 6.07) is 13.5. The zero-order valence-corrected chi connectivity index (χ0v) is 11.9. The number of ether oxygens (including phenoxy) is 1. The van der Waals surface area contributed by atoms with Gasteiger partial charge in [-0.2, -0.15) is 5.26 Å². The van der Waals surface area contributed by atoms with Crippen LogP contribution in [0.4, 0.5) is 0 Å². The van der Waals surface area contributed by atoms with E-state index in [9.17, 15) is 4.79 Å². The molecule has 0 saturated carbocycles. The van der Waals surface area contributed by atoms with E-state index >= 15 is 0 Å². The molecule has 21 heavy (non-hydrogen) atoms. The lowest BCUT2D eigenvalue weighted by atomic mass is 9.97. The molecule has 0 fully saturated rings. The Hall–Kier alpha value is -2.38. The third-order valence-corrected chi connectivity index (χ3v) is 3.95. The van der Waals surface area contributed by atoms with E-state index in [1.54, 1.807) is 16.7 Å². The third-order valence-electron chi connectivity index (χ3n) is 3.95. The van der Waals surface area contributed by atoms with Gasteiger partial charge >= 0.3 is 0 Å². The Morgan fingerprint density at radius 1 is 1.33 bits per heavy atom. The molecule has 2 aromatic rings. The predicted molar refractivity (Wildman–Crippen MR) is 79.0 cm³/mol. The van der Waals surface area contributed by atoms with Crippen molar-refractivity contribution in [2.24, 2.45) is 0 Å². The average Bonchev–Trinajstić information content (AvgIpc) is 2.52. The third kappa shape index (κ3) is 2.48. The molecular weight excluding hydrogens is 264 g/mol. The molecule has 0 amide bonds. The normalized spacial score (nSPS) is 17.0. The summed E-state index contributed by atoms with van der Waals surface area (Å²) in [5.41, 5.74) is 3.17. The van der Waals surface area contributed by atoms with Gasteiger partial charge in [0.2, 0.25) is 0 Å². The molecule has 0 saturated heterocycles. The van der Waals surface area contributed by atoms with Gasteiger partial charge in [-0.15, -0.1) is 0 Å². The van der Waals surface area contributed by atoms with Crippen molar-refractivity contribution in [3.05, 3.63) is 69.1 Å². The number of nitrogens with zero attached hydrogens (tertiary/aromatic N) is 2. The van der Waals surface area contributed by atoms with Crippen molar-refractivity contribution < 1.29 is 4.74 Å². The number of aryl methyl sites for hydroxylation is 1. The first kappa shape index (κ1) is 13.6. The predicted octanol–water partition coefficient (Wildman–Crippen LogP) is 2.34. The number of aromatic nitrogens is 1. The standard InChI is InChI=1S/C17H16N2O2/c1-12-6-7-14(10-18)17(20)19(12)11-16-15-5-3-2-4-13(15)8-9-21-16/h2-7,16H,8-9,11H2,1H3. The highest BCUT2D eigenvalue weighted by atomic mass is 16.5. The highest BCUT2D eigenvalue weighted by Gasteiger charge is 2.22. The van der Waals surface area contributed by atoms with Gasteiger partial charge in [0.05, 0.1) is 13.2 Å². The molecule has 0 aliphatic carbocycles. The smallest absolute Gasteiger partial charge is 0.268 e. The Morgan fingerprint density at radius 3 is 2.95 bits per heavy atom. The molecule has 3 rings (SSSR count). The number of hydrogen-bond donors (Lipinski definition) is 0. The topological polar surface area (TPSA) is 55.0 Å². The minimum atomic E-state index is -0.246. The van der Waals surface area contributed by atoms with E-state index in [1.807, 2.05) is 31.2 Å². The lowest BCUT2D eigenvalue weighted by Crippen LogP contribution is -2.29. The quantitative estimate of drug-likeness (QED) is 0.848. The van der Waals surface area contributed by atoms with Gasteiger partial charge in [0, 0.05) is 5.69 Å². The second-order valence-electron chi connectivity index (χ2n) is 5.22. The van der Waals surface area contributed by atoms with Gasteiger partial charge in [-0.05, 0) is 36.6 Å². The molecule has 0 radical (unpaired) electrons. The van der Waals surface area contributed by atoms with Crippen LogP contribution in [0.15, 0.2) is 41.2 Å². The summed E-state index contributed by atoms with van der Waals surface area (Å²) >= 11 is 0. The summed E-state index contributed by atoms with van der Waals surface area (Å²) in [6.07, 6.45) is 0.763. The maximum atomic E-state index is 12.3. The molecule has 106 valence electrons. The first-order valence-electron chi connectivity index (χ1n) is 7.00. The molecule has 1 atom stereocenters. The van der Waals surface area contributed by atoms with Crippen LogP contribution < -0.4 is 5.56 Å². The van der Waals surface area contributed by atoms with E-state index in [0.29, 0.717) is 13.2 Å². The van der Waals surface area contributed by atoms with Gasteiger partial charge in [-0.25, -0.2) is 0 Å². The van der Waals surface area contributed by atoms with Crippen LogP contribution in [-0.2, 0) is 17.7 Å². The average molecular weight is 280 g/mol. The zero-order valence-electron chi connectivity index (χ0n) is 11.9. The van der Waals surface area contributed by atoms with E-state index in [1.165, 1.54) is 5.56 Å². The Balaban J connectivity index is 2.00. The first-order chi connectivity index (χ1) is 10.2. The number of benzene rings is 1. The largest absolute Gasteiger partial charge is 0.371 e. The van der Waals surface area contributed by atoms with Gasteiger partial charge in [0.1, 0.15) is 17.7 Å². The summed E-state index contributed by atoms with van der Waals surface area (Å²) in [4.78, 5) is 12.3. The molecule has 2 heterocycles. The van der Waals surface area contributed by atoms with E-state index < -0.39 is 0 Å². The Morgan fingerprint density at radius 2 is 2.14 bits per heavy atom. The highest BCUT2D eigenvalue weighted by Crippen LogP contribution is 2.28. The Labute approximate surface area is 123 Å². The number of pyridine rings is 1. The fourth-order valence-corrected chi connectivity index (χ4v) is 2.78. The van der Waals surface area contributed by atoms with Crippen LogP contribution in [0.5, 0.6) is 0 Å². The van der Waals surface area contributed by atoms with Crippen LogP contribution in [0.2, 0.25) is 0 Å². The summed E-state index contributed by atoms with van der Waals surface area (Å²) in [6.45, 7) is 2.97. The minimum Gasteiger partial charge on any atom is -0.371 e. The monoisotopic (exact) mass is 280 g/mol. The molecule has 0 N–H and O–H groups in total. The van der Waals surface area contributed by atoms with Gasteiger partial charge in [0.15, 0.2) is 0 Å². The summed E-state index contributed by atoms with van der Waals surface area (Å²) in [7, 11) is 0. The van der Waals surface area contributed by atoms with Gasteiger partial charge in [0.25, 0.3) is 5.56 Å². The fraction of sp³-hybridized carbons (Fsp3) is 0.294. The molecule has 1 aromatic heterocycles. The number of nitriles is 1. The van der Waals surface area contributed by atoms with E-state index in [-0.39, 0.29) is 17.2 Å². The molecule has 1 unspecified atom stereocenters. The number of fused-ring (bicyclic) bond motifs is 1. The summed E-state index contributed by atoms with van der Waals surface area (Å²) in [5.74, 6) is 0. The van der Waals surface area contributed by atoms with Crippen molar-refractivity contribution >= 4 is 0 Å². The van der Waals surface area contributed by atoms with E-state index in [0.717, 1.165) is 17.7 Å². The van der Waals surface area contributed by atoms with E-state index in [2.05, 4.69) is 6.07 Å². The minimum absolute atomic E-state index is 0.139. The second-order valence-corrected chi connectivity index (χ2v) is 5.22. The Bertz CT molecular complexity index is 771. The van der Waals surface area contributed by atoms with Crippen LogP contribution in [0.1, 0.15) is 28.5 Å². The first-order valence-corrected chi connectivity index (χ1v) is 7.00. The molecule has 4 heteroatoms. The van der Waals surface area contributed by atoms with Crippen LogP contribution in [0.25, 0.3) is 0 Å². The van der Waals surface area contributed by atoms with Gasteiger partial charge in [-0.1, -0.05) is 24.3 Å². The van der Waals surface area contributed by atoms with Gasteiger partial charge < -0.3 is 9.30 Å². The second kappa shape index (κ2) is 5.55. The zero-order chi connectivity index (χ0) is 14.8. The maximum absolute atomic E-state index is 12.3. The van der Waals surface area contributed by atoms with Crippen molar-refractivity contribution in [2.75, 3.05) is 6.61 Å². The van der Waals surface area contributed by atoms with E-state index in [4.69, 9.17) is 10.00 Å². The molecule has 1 aliphatic heterocycles. The number of hydrogen-bond acceptors (Lipinski definition) is 3.